The molecule has 2 aromatic carbocycles. The summed E-state index contributed by atoms with van der Waals surface area (Å²) in [6.07, 6.45) is 1.76. The third-order valence-corrected chi connectivity index (χ3v) is 5.73. The number of hydrogen-bond donors (Lipinski definition) is 1. The maximum Gasteiger partial charge on any atom is 0.238 e. The highest BCUT2D eigenvalue weighted by atomic mass is 32.2. The highest BCUT2D eigenvalue weighted by Gasteiger charge is 2.16. The summed E-state index contributed by atoms with van der Waals surface area (Å²) in [6, 6.07) is 17.0. The summed E-state index contributed by atoms with van der Waals surface area (Å²) in [5.74, 6) is -1.21. The van der Waals surface area contributed by atoms with E-state index in [1.807, 2.05) is 49.4 Å². The van der Waals surface area contributed by atoms with Gasteiger partial charge in [-0.3, -0.25) is 9.69 Å². The molecule has 0 spiro atoms. The molecule has 30 heavy (non-hydrogen) atoms. The fourth-order valence-corrected chi connectivity index (χ4v) is 3.72. The Hall–Kier alpha value is -2.77. The second-order valence-electron chi connectivity index (χ2n) is 6.97. The summed E-state index contributed by atoms with van der Waals surface area (Å²) >= 11 is 1.63. The lowest BCUT2D eigenvalue weighted by atomic mass is 10.1. The Bertz CT molecular complexity index is 1000. The van der Waals surface area contributed by atoms with Crippen molar-refractivity contribution >= 4 is 23.4 Å². The van der Waals surface area contributed by atoms with Gasteiger partial charge in [0.2, 0.25) is 5.91 Å². The predicted octanol–water partition coefficient (Wildman–Crippen LogP) is 5.28. The molecule has 3 rings (SSSR count). The van der Waals surface area contributed by atoms with E-state index in [9.17, 15) is 13.6 Å². The first-order valence-corrected chi connectivity index (χ1v) is 10.5. The van der Waals surface area contributed by atoms with E-state index in [1.54, 1.807) is 29.9 Å². The molecular weight excluding hydrogens is 404 g/mol. The van der Waals surface area contributed by atoms with Gasteiger partial charge in [-0.2, -0.15) is 0 Å². The second kappa shape index (κ2) is 10.3. The normalized spacial score (nSPS) is 12.0. The molecule has 0 saturated carbocycles. The Morgan fingerprint density at radius 2 is 1.93 bits per heavy atom. The number of likely N-dealkylation sites (N-methyl/N-ethyl adjacent to an activating group) is 1. The van der Waals surface area contributed by atoms with Crippen LogP contribution >= 0.6 is 11.8 Å². The number of halogens is 2. The fraction of sp³-hybridized carbons (Fsp3) is 0.217. The number of carbonyl (C=O) groups excluding carboxylic acids is 1. The molecule has 1 heterocycles. The third-order valence-electron chi connectivity index (χ3n) is 4.72. The number of pyridine rings is 1. The van der Waals surface area contributed by atoms with Crippen LogP contribution < -0.4 is 5.32 Å². The topological polar surface area (TPSA) is 45.2 Å². The maximum atomic E-state index is 13.5. The van der Waals surface area contributed by atoms with E-state index in [0.717, 1.165) is 28.5 Å². The smallest absolute Gasteiger partial charge is 0.238 e. The van der Waals surface area contributed by atoms with E-state index in [0.29, 0.717) is 11.3 Å². The number of thioether (sulfide) groups is 1. The quantitative estimate of drug-likeness (QED) is 0.497. The molecule has 4 nitrogen and oxygen atoms in total. The van der Waals surface area contributed by atoms with E-state index in [1.165, 1.54) is 6.07 Å². The van der Waals surface area contributed by atoms with E-state index >= 15 is 0 Å². The standard InChI is InChI=1S/C23H23F2N3OS/c1-16(18-9-10-20(24)21(25)13-18)28(2)14-22(29)27-19-7-5-6-17(12-19)15-30-23-8-3-4-11-26-23/h3-13,16H,14-15H2,1-2H3,(H,27,29). The van der Waals surface area contributed by atoms with Crippen molar-refractivity contribution in [3.63, 3.8) is 0 Å². The van der Waals surface area contributed by atoms with Crippen LogP contribution in [-0.4, -0.2) is 29.4 Å². The molecule has 0 fully saturated rings. The molecule has 0 aliphatic carbocycles. The van der Waals surface area contributed by atoms with E-state index in [4.69, 9.17) is 0 Å². The molecule has 0 aliphatic rings. The zero-order chi connectivity index (χ0) is 21.5. The molecule has 0 saturated heterocycles. The Labute approximate surface area is 179 Å². The summed E-state index contributed by atoms with van der Waals surface area (Å²) < 4.78 is 26.6. The van der Waals surface area contributed by atoms with Crippen molar-refractivity contribution in [1.82, 2.24) is 9.88 Å². The number of nitrogens with one attached hydrogen (secondary N) is 1. The van der Waals surface area contributed by atoms with Gasteiger partial charge in [0.25, 0.3) is 0 Å². The van der Waals surface area contributed by atoms with Crippen LogP contribution in [0.4, 0.5) is 14.5 Å². The van der Waals surface area contributed by atoms with Gasteiger partial charge < -0.3 is 5.32 Å². The number of nitrogens with zero attached hydrogens (tertiary/aromatic N) is 2. The molecule has 156 valence electrons. The number of hydrogen-bond acceptors (Lipinski definition) is 4. The zero-order valence-corrected chi connectivity index (χ0v) is 17.6. The summed E-state index contributed by atoms with van der Waals surface area (Å²) in [7, 11) is 1.77. The molecule has 7 heteroatoms. The first-order valence-electron chi connectivity index (χ1n) is 9.50. The Kier molecular flexibility index (Phi) is 7.54. The van der Waals surface area contributed by atoms with E-state index in [-0.39, 0.29) is 18.5 Å². The molecule has 0 radical (unpaired) electrons. The lowest BCUT2D eigenvalue weighted by Gasteiger charge is -2.24. The van der Waals surface area contributed by atoms with Gasteiger partial charge in [0.1, 0.15) is 0 Å². The van der Waals surface area contributed by atoms with Crippen molar-refractivity contribution in [1.29, 1.82) is 0 Å². The van der Waals surface area contributed by atoms with Crippen LogP contribution in [0.2, 0.25) is 0 Å². The van der Waals surface area contributed by atoms with Gasteiger partial charge in [0.05, 0.1) is 11.6 Å². The summed E-state index contributed by atoms with van der Waals surface area (Å²) in [6.45, 7) is 1.96. The summed E-state index contributed by atoms with van der Waals surface area (Å²) in [5, 5.41) is 3.84. The summed E-state index contributed by atoms with van der Waals surface area (Å²) in [4.78, 5) is 18.5. The van der Waals surface area contributed by atoms with Gasteiger partial charge in [-0.05, 0) is 61.5 Å². The Balaban J connectivity index is 1.55. The predicted molar refractivity (Wildman–Crippen MR) is 116 cm³/mol. The molecule has 1 N–H and O–H groups in total. The lowest BCUT2D eigenvalue weighted by Crippen LogP contribution is -2.32. The number of aromatic nitrogens is 1. The van der Waals surface area contributed by atoms with Crippen molar-refractivity contribution in [3.05, 3.63) is 89.6 Å². The van der Waals surface area contributed by atoms with Crippen LogP contribution in [0, 0.1) is 11.6 Å². The van der Waals surface area contributed by atoms with Gasteiger partial charge in [0, 0.05) is 23.7 Å². The van der Waals surface area contributed by atoms with Crippen molar-refractivity contribution in [2.75, 3.05) is 18.9 Å². The molecule has 3 aromatic rings. The van der Waals surface area contributed by atoms with Crippen molar-refractivity contribution in [2.45, 2.75) is 23.7 Å². The van der Waals surface area contributed by atoms with Gasteiger partial charge in [-0.25, -0.2) is 13.8 Å². The number of carbonyl (C=O) groups is 1. The summed E-state index contributed by atoms with van der Waals surface area (Å²) in [5.41, 5.74) is 2.40. The highest BCUT2D eigenvalue weighted by Crippen LogP contribution is 2.23. The number of amides is 1. The van der Waals surface area contributed by atoms with Gasteiger partial charge in [-0.15, -0.1) is 11.8 Å². The average molecular weight is 428 g/mol. The van der Waals surface area contributed by atoms with E-state index < -0.39 is 11.6 Å². The number of anilines is 1. The van der Waals surface area contributed by atoms with Crippen LogP contribution in [0.15, 0.2) is 71.9 Å². The molecular formula is C23H23F2N3OS. The third kappa shape index (κ3) is 6.11. The average Bonchev–Trinajstić information content (AvgIpc) is 2.74. The van der Waals surface area contributed by atoms with Crippen LogP contribution in [0.1, 0.15) is 24.1 Å². The minimum Gasteiger partial charge on any atom is -0.325 e. The maximum absolute atomic E-state index is 13.5. The first-order chi connectivity index (χ1) is 14.4. The minimum atomic E-state index is -0.891. The molecule has 1 atom stereocenters. The van der Waals surface area contributed by atoms with Crippen LogP contribution in [0.25, 0.3) is 0 Å². The SMILES string of the molecule is CC(c1ccc(F)c(F)c1)N(C)CC(=O)Nc1cccc(CSc2ccccn2)c1. The van der Waals surface area contributed by atoms with E-state index in [2.05, 4.69) is 10.3 Å². The van der Waals surface area contributed by atoms with Gasteiger partial charge in [0.15, 0.2) is 11.6 Å². The van der Waals surface area contributed by atoms with Crippen LogP contribution in [0.5, 0.6) is 0 Å². The lowest BCUT2D eigenvalue weighted by molar-refractivity contribution is -0.117. The fourth-order valence-electron chi connectivity index (χ4n) is 2.92. The molecule has 0 aliphatic heterocycles. The monoisotopic (exact) mass is 427 g/mol. The molecule has 1 aromatic heterocycles. The molecule has 1 amide bonds. The second-order valence-corrected chi connectivity index (χ2v) is 7.97. The minimum absolute atomic E-state index is 0.118. The van der Waals surface area contributed by atoms with Crippen molar-refractivity contribution in [2.24, 2.45) is 0 Å². The first kappa shape index (κ1) is 21.9. The van der Waals surface area contributed by atoms with Gasteiger partial charge in [-0.1, -0.05) is 24.3 Å². The van der Waals surface area contributed by atoms with Gasteiger partial charge >= 0.3 is 0 Å². The highest BCUT2D eigenvalue weighted by molar-refractivity contribution is 7.98. The number of benzene rings is 2. The molecule has 0 bridgehead atoms. The van der Waals surface area contributed by atoms with Crippen molar-refractivity contribution < 1.29 is 13.6 Å². The van der Waals surface area contributed by atoms with Crippen LogP contribution in [0.3, 0.4) is 0 Å². The largest absolute Gasteiger partial charge is 0.325 e. The zero-order valence-electron chi connectivity index (χ0n) is 16.8. The molecule has 1 unspecified atom stereocenters. The Morgan fingerprint density at radius 3 is 2.67 bits per heavy atom. The van der Waals surface area contributed by atoms with Crippen LogP contribution in [-0.2, 0) is 10.5 Å². The Morgan fingerprint density at radius 1 is 1.10 bits per heavy atom. The number of rotatable bonds is 8. The van der Waals surface area contributed by atoms with Crippen molar-refractivity contribution in [3.8, 4) is 0 Å².